The van der Waals surface area contributed by atoms with E-state index in [9.17, 15) is 4.79 Å². The van der Waals surface area contributed by atoms with Crippen LogP contribution in [0.5, 0.6) is 11.5 Å². The van der Waals surface area contributed by atoms with Crippen molar-refractivity contribution in [2.24, 2.45) is 0 Å². The third-order valence-electron chi connectivity index (χ3n) is 5.13. The number of methoxy groups -OCH3 is 2. The Morgan fingerprint density at radius 3 is 2.53 bits per heavy atom. The highest BCUT2D eigenvalue weighted by atomic mass is 35.5. The van der Waals surface area contributed by atoms with E-state index >= 15 is 0 Å². The molecule has 158 valence electrons. The van der Waals surface area contributed by atoms with Gasteiger partial charge < -0.3 is 14.4 Å². The number of benzene rings is 2. The highest BCUT2D eigenvalue weighted by Crippen LogP contribution is 2.28. The number of nitrogens with zero attached hydrogens (tertiary/aromatic N) is 2. The summed E-state index contributed by atoms with van der Waals surface area (Å²) in [6.45, 7) is 4.92. The van der Waals surface area contributed by atoms with Gasteiger partial charge in [-0.05, 0) is 49.2 Å². The molecule has 0 radical (unpaired) electrons. The Balaban J connectivity index is 1.81. The third kappa shape index (κ3) is 5.03. The van der Waals surface area contributed by atoms with Crippen molar-refractivity contribution >= 4 is 28.4 Å². The Labute approximate surface area is 182 Å². The van der Waals surface area contributed by atoms with E-state index in [2.05, 4.69) is 11.1 Å². The number of rotatable bonds is 8. The van der Waals surface area contributed by atoms with Crippen LogP contribution in [-0.4, -0.2) is 36.6 Å². The van der Waals surface area contributed by atoms with Gasteiger partial charge in [-0.2, -0.15) is 0 Å². The topological polar surface area (TPSA) is 51.7 Å². The first kappa shape index (κ1) is 21.9. The van der Waals surface area contributed by atoms with Crippen LogP contribution in [-0.2, 0) is 17.8 Å². The monoisotopic (exact) mass is 426 g/mol. The summed E-state index contributed by atoms with van der Waals surface area (Å²) in [5, 5.41) is 1.46. The Hall–Kier alpha value is -2.79. The van der Waals surface area contributed by atoms with Crippen molar-refractivity contribution in [2.45, 2.75) is 33.2 Å². The second-order valence-corrected chi connectivity index (χ2v) is 7.60. The Bertz CT molecular complexity index is 1050. The lowest BCUT2D eigenvalue weighted by molar-refractivity contribution is -0.131. The number of ether oxygens (including phenoxy) is 2. The first-order chi connectivity index (χ1) is 14.4. The molecule has 0 aliphatic heterocycles. The van der Waals surface area contributed by atoms with E-state index in [4.69, 9.17) is 21.1 Å². The van der Waals surface area contributed by atoms with Gasteiger partial charge in [-0.15, -0.1) is 0 Å². The predicted octanol–water partition coefficient (Wildman–Crippen LogP) is 5.20. The molecule has 0 unspecified atom stereocenters. The molecule has 0 aliphatic carbocycles. The van der Waals surface area contributed by atoms with Gasteiger partial charge in [0.1, 0.15) is 5.15 Å². The Morgan fingerprint density at radius 2 is 1.83 bits per heavy atom. The van der Waals surface area contributed by atoms with Crippen LogP contribution in [0, 0.1) is 6.92 Å². The van der Waals surface area contributed by atoms with Gasteiger partial charge in [0.15, 0.2) is 11.5 Å². The van der Waals surface area contributed by atoms with Crippen LogP contribution in [0.1, 0.15) is 30.0 Å². The predicted molar refractivity (Wildman–Crippen MR) is 120 cm³/mol. The third-order valence-corrected chi connectivity index (χ3v) is 5.46. The first-order valence-electron chi connectivity index (χ1n) is 9.99. The van der Waals surface area contributed by atoms with E-state index in [-0.39, 0.29) is 5.91 Å². The maximum Gasteiger partial charge on any atom is 0.222 e. The minimum absolute atomic E-state index is 0.0795. The fourth-order valence-corrected chi connectivity index (χ4v) is 3.65. The maximum atomic E-state index is 12.6. The van der Waals surface area contributed by atoms with Crippen molar-refractivity contribution in [3.05, 3.63) is 64.3 Å². The molecule has 1 heterocycles. The quantitative estimate of drug-likeness (QED) is 0.465. The molecule has 0 saturated heterocycles. The number of hydrogen-bond donors (Lipinski definition) is 0. The molecule has 0 N–H and O–H groups in total. The number of halogens is 1. The average molecular weight is 427 g/mol. The van der Waals surface area contributed by atoms with Gasteiger partial charge in [-0.1, -0.05) is 36.2 Å². The molecule has 3 aromatic rings. The molecule has 0 spiro atoms. The van der Waals surface area contributed by atoms with Gasteiger partial charge >= 0.3 is 0 Å². The molecular formula is C24H27ClN2O3. The highest BCUT2D eigenvalue weighted by molar-refractivity contribution is 6.30. The van der Waals surface area contributed by atoms with Crippen LogP contribution in [0.3, 0.4) is 0 Å². The van der Waals surface area contributed by atoms with Crippen LogP contribution in [0.15, 0.2) is 42.5 Å². The molecule has 30 heavy (non-hydrogen) atoms. The van der Waals surface area contributed by atoms with Crippen molar-refractivity contribution in [1.82, 2.24) is 9.88 Å². The lowest BCUT2D eigenvalue weighted by Gasteiger charge is -2.23. The maximum absolute atomic E-state index is 12.6. The smallest absolute Gasteiger partial charge is 0.222 e. The molecule has 2 aromatic carbocycles. The van der Waals surface area contributed by atoms with Crippen LogP contribution >= 0.6 is 11.6 Å². The zero-order valence-electron chi connectivity index (χ0n) is 17.9. The van der Waals surface area contributed by atoms with E-state index < -0.39 is 0 Å². The number of aromatic nitrogens is 1. The van der Waals surface area contributed by atoms with Gasteiger partial charge in [0.05, 0.1) is 19.7 Å². The van der Waals surface area contributed by atoms with Crippen LogP contribution in [0.4, 0.5) is 0 Å². The molecule has 0 bridgehead atoms. The van der Waals surface area contributed by atoms with Gasteiger partial charge in [-0.25, -0.2) is 4.98 Å². The molecule has 1 amide bonds. The molecular weight excluding hydrogens is 400 g/mol. The fraction of sp³-hybridized carbons (Fsp3) is 0.333. The van der Waals surface area contributed by atoms with E-state index in [1.807, 2.05) is 55.1 Å². The normalized spacial score (nSPS) is 10.8. The highest BCUT2D eigenvalue weighted by Gasteiger charge is 2.16. The zero-order chi connectivity index (χ0) is 21.7. The van der Waals surface area contributed by atoms with E-state index in [0.29, 0.717) is 42.6 Å². The summed E-state index contributed by atoms with van der Waals surface area (Å²) in [7, 11) is 3.23. The second kappa shape index (κ2) is 9.81. The molecule has 0 saturated carbocycles. The number of hydrogen-bond acceptors (Lipinski definition) is 4. The van der Waals surface area contributed by atoms with Crippen LogP contribution < -0.4 is 9.47 Å². The molecule has 0 fully saturated rings. The number of carbonyl (C=O) groups excluding carboxylic acids is 1. The minimum atomic E-state index is 0.0795. The van der Waals surface area contributed by atoms with Crippen molar-refractivity contribution in [1.29, 1.82) is 0 Å². The molecule has 0 aliphatic rings. The number of amides is 1. The van der Waals surface area contributed by atoms with Gasteiger partial charge in [0.25, 0.3) is 0 Å². The summed E-state index contributed by atoms with van der Waals surface area (Å²) in [5.41, 5.74) is 3.93. The van der Waals surface area contributed by atoms with Crippen molar-refractivity contribution in [3.63, 3.8) is 0 Å². The Kier molecular flexibility index (Phi) is 7.16. The van der Waals surface area contributed by atoms with Gasteiger partial charge in [0, 0.05) is 30.5 Å². The fourth-order valence-electron chi connectivity index (χ4n) is 3.45. The Morgan fingerprint density at radius 1 is 1.07 bits per heavy atom. The zero-order valence-corrected chi connectivity index (χ0v) is 18.6. The molecule has 1 aromatic heterocycles. The SMILES string of the molecule is CCC(=O)N(CCc1ccc(OC)c(OC)c1)Cc1cc2cc(C)ccc2nc1Cl. The number of fused-ring (bicyclic) bond motifs is 1. The second-order valence-electron chi connectivity index (χ2n) is 7.24. The largest absolute Gasteiger partial charge is 0.493 e. The number of carbonyl (C=O) groups is 1. The summed E-state index contributed by atoms with van der Waals surface area (Å²) in [6, 6.07) is 13.9. The lowest BCUT2D eigenvalue weighted by Crippen LogP contribution is -2.32. The van der Waals surface area contributed by atoms with Crippen LogP contribution in [0.2, 0.25) is 5.15 Å². The van der Waals surface area contributed by atoms with E-state index in [1.54, 1.807) is 14.2 Å². The summed E-state index contributed by atoms with van der Waals surface area (Å²) in [4.78, 5) is 19.0. The molecule has 5 nitrogen and oxygen atoms in total. The van der Waals surface area contributed by atoms with Gasteiger partial charge in [-0.3, -0.25) is 4.79 Å². The summed E-state index contributed by atoms with van der Waals surface area (Å²) in [5.74, 6) is 1.45. The van der Waals surface area contributed by atoms with Crippen molar-refractivity contribution < 1.29 is 14.3 Å². The minimum Gasteiger partial charge on any atom is -0.493 e. The summed E-state index contributed by atoms with van der Waals surface area (Å²) < 4.78 is 10.7. The molecule has 6 heteroatoms. The summed E-state index contributed by atoms with van der Waals surface area (Å²) >= 11 is 6.45. The first-order valence-corrected chi connectivity index (χ1v) is 10.4. The lowest BCUT2D eigenvalue weighted by atomic mass is 10.1. The number of pyridine rings is 1. The van der Waals surface area contributed by atoms with E-state index in [1.165, 1.54) is 0 Å². The molecule has 3 rings (SSSR count). The average Bonchev–Trinajstić information content (AvgIpc) is 2.76. The number of aryl methyl sites for hydroxylation is 1. The van der Waals surface area contributed by atoms with Crippen molar-refractivity contribution in [2.75, 3.05) is 20.8 Å². The van der Waals surface area contributed by atoms with Crippen molar-refractivity contribution in [3.8, 4) is 11.5 Å². The molecule has 0 atom stereocenters. The van der Waals surface area contributed by atoms with Crippen LogP contribution in [0.25, 0.3) is 10.9 Å². The standard InChI is InChI=1S/C24H27ClN2O3/c1-5-23(28)27(11-10-17-7-9-21(29-3)22(13-17)30-4)15-19-14-18-12-16(2)6-8-20(18)26-24(19)25/h6-9,12-14H,5,10-11,15H2,1-4H3. The van der Waals surface area contributed by atoms with Gasteiger partial charge in [0.2, 0.25) is 5.91 Å². The van der Waals surface area contributed by atoms with E-state index in [0.717, 1.165) is 27.6 Å². The summed E-state index contributed by atoms with van der Waals surface area (Å²) in [6.07, 6.45) is 1.13.